The topological polar surface area (TPSA) is 106 Å². The fourth-order valence-electron chi connectivity index (χ4n) is 4.02. The maximum Gasteiger partial charge on any atom is 0.343 e. The lowest BCUT2D eigenvalue weighted by Crippen LogP contribution is -2.89. The first-order chi connectivity index (χ1) is 11.0. The van der Waals surface area contributed by atoms with Crippen LogP contribution in [0.5, 0.6) is 0 Å². The second-order valence-corrected chi connectivity index (χ2v) is 6.63. The van der Waals surface area contributed by atoms with E-state index in [0.717, 1.165) is 0 Å². The normalized spacial score (nSPS) is 36.2. The van der Waals surface area contributed by atoms with Crippen molar-refractivity contribution in [3.8, 4) is 12.1 Å². The van der Waals surface area contributed by atoms with E-state index in [2.05, 4.69) is 17.1 Å². The molecule has 1 aliphatic carbocycles. The van der Waals surface area contributed by atoms with E-state index in [1.807, 2.05) is 0 Å². The molecule has 116 valence electrons. The van der Waals surface area contributed by atoms with Crippen LogP contribution in [0.2, 0.25) is 10.0 Å². The minimum absolute atomic E-state index is 0.166. The summed E-state index contributed by atoms with van der Waals surface area (Å²) in [5.74, 6) is -1.82. The van der Waals surface area contributed by atoms with Gasteiger partial charge in [0.25, 0.3) is 5.84 Å². The van der Waals surface area contributed by atoms with Crippen molar-refractivity contribution in [1.29, 1.82) is 10.5 Å². The Hall–Kier alpha value is -1.83. The van der Waals surface area contributed by atoms with Gasteiger partial charge in [-0.3, -0.25) is 5.73 Å². The third kappa shape index (κ3) is 1.39. The predicted molar refractivity (Wildman–Crippen MR) is 80.1 cm³/mol. The van der Waals surface area contributed by atoms with Crippen molar-refractivity contribution in [3.05, 3.63) is 33.8 Å². The van der Waals surface area contributed by atoms with Gasteiger partial charge in [0, 0.05) is 16.0 Å². The Morgan fingerprint density at radius 1 is 1.22 bits per heavy atom. The molecule has 3 atom stereocenters. The summed E-state index contributed by atoms with van der Waals surface area (Å²) in [5, 5.41) is 20.6. The fraction of sp³-hybridized carbons (Fsp3) is 0.400. The van der Waals surface area contributed by atoms with Crippen LogP contribution in [0, 0.1) is 33.5 Å². The molecule has 0 radical (unpaired) electrons. The lowest BCUT2D eigenvalue weighted by Gasteiger charge is -2.23. The Morgan fingerprint density at radius 3 is 2.48 bits per heavy atom. The molecule has 2 fully saturated rings. The van der Waals surface area contributed by atoms with Gasteiger partial charge in [-0.05, 0) is 17.7 Å². The van der Waals surface area contributed by atoms with Crippen LogP contribution in [0.1, 0.15) is 11.5 Å². The molecule has 3 N–H and O–H groups in total. The number of rotatable bonds is 1. The Balaban J connectivity index is 1.95. The lowest BCUT2D eigenvalue weighted by molar-refractivity contribution is -0.676. The number of benzene rings is 1. The number of nitriles is 2. The highest BCUT2D eigenvalue weighted by Gasteiger charge is 2.97. The van der Waals surface area contributed by atoms with Crippen molar-refractivity contribution in [2.24, 2.45) is 16.6 Å². The zero-order valence-corrected chi connectivity index (χ0v) is 13.3. The van der Waals surface area contributed by atoms with Crippen molar-refractivity contribution in [2.75, 3.05) is 13.2 Å². The summed E-state index contributed by atoms with van der Waals surface area (Å²) in [6, 6.07) is 9.39. The molecule has 1 spiro atoms. The molecule has 1 aromatic carbocycles. The highest BCUT2D eigenvalue weighted by molar-refractivity contribution is 6.35. The highest BCUT2D eigenvalue weighted by Crippen LogP contribution is 2.79. The van der Waals surface area contributed by atoms with Crippen LogP contribution in [0.15, 0.2) is 18.2 Å². The molecule has 0 unspecified atom stereocenters. The van der Waals surface area contributed by atoms with Crippen molar-refractivity contribution in [2.45, 2.75) is 11.8 Å². The monoisotopic (exact) mass is 349 g/mol. The van der Waals surface area contributed by atoms with E-state index in [9.17, 15) is 10.5 Å². The van der Waals surface area contributed by atoms with Crippen LogP contribution in [-0.2, 0) is 9.47 Å². The van der Waals surface area contributed by atoms with Crippen LogP contribution in [0.25, 0.3) is 0 Å². The summed E-state index contributed by atoms with van der Waals surface area (Å²) in [7, 11) is 0. The van der Waals surface area contributed by atoms with Crippen molar-refractivity contribution < 1.29 is 14.5 Å². The third-order valence-electron chi connectivity index (χ3n) is 4.97. The average Bonchev–Trinajstić information content (AvgIpc) is 2.77. The van der Waals surface area contributed by atoms with Gasteiger partial charge in [0.15, 0.2) is 10.8 Å². The minimum Gasteiger partial charge on any atom is -0.311 e. The van der Waals surface area contributed by atoms with Crippen LogP contribution in [0.3, 0.4) is 0 Å². The Morgan fingerprint density at radius 2 is 1.91 bits per heavy atom. The second kappa shape index (κ2) is 4.37. The first kappa shape index (κ1) is 14.7. The van der Waals surface area contributed by atoms with Gasteiger partial charge in [-0.15, -0.1) is 0 Å². The number of hydrogen-bond donors (Lipinski definition) is 2. The molecule has 2 aliphatic heterocycles. The Labute approximate surface area is 142 Å². The number of nitrogens with one attached hydrogen (secondary N) is 1. The Bertz CT molecular complexity index is 837. The molecule has 1 aromatic rings. The van der Waals surface area contributed by atoms with E-state index < -0.39 is 22.7 Å². The second-order valence-electron chi connectivity index (χ2n) is 5.79. The number of nitrogens with two attached hydrogens (primary N) is 1. The zero-order chi connectivity index (χ0) is 16.5. The number of ether oxygens (including phenoxy) is 2. The summed E-state index contributed by atoms with van der Waals surface area (Å²) in [4.78, 5) is 2.88. The average molecular weight is 350 g/mol. The summed E-state index contributed by atoms with van der Waals surface area (Å²) >= 11 is 12.2. The van der Waals surface area contributed by atoms with Gasteiger partial charge in [0.2, 0.25) is 0 Å². The van der Waals surface area contributed by atoms with E-state index in [4.69, 9.17) is 38.4 Å². The third-order valence-corrected chi connectivity index (χ3v) is 5.53. The highest BCUT2D eigenvalue weighted by atomic mass is 35.5. The maximum atomic E-state index is 9.94. The SMILES string of the molecule is N#C[C@@]12C(N)=[NH+]C3(OCCO3)[C@]1(C#N)[C@@H]2c1ccc(Cl)cc1Cl. The van der Waals surface area contributed by atoms with Gasteiger partial charge in [0.05, 0.1) is 25.4 Å². The van der Waals surface area contributed by atoms with Crippen LogP contribution >= 0.6 is 23.2 Å². The van der Waals surface area contributed by atoms with Gasteiger partial charge in [-0.2, -0.15) is 10.5 Å². The van der Waals surface area contributed by atoms with E-state index in [0.29, 0.717) is 28.8 Å². The lowest BCUT2D eigenvalue weighted by atomic mass is 9.94. The summed E-state index contributed by atoms with van der Waals surface area (Å²) < 4.78 is 11.4. The number of amidine groups is 1. The smallest absolute Gasteiger partial charge is 0.311 e. The minimum atomic E-state index is -1.42. The van der Waals surface area contributed by atoms with E-state index in [1.54, 1.807) is 18.2 Å². The first-order valence-corrected chi connectivity index (χ1v) is 7.71. The van der Waals surface area contributed by atoms with Crippen LogP contribution in [0.4, 0.5) is 0 Å². The Kier molecular flexibility index (Phi) is 2.80. The molecule has 23 heavy (non-hydrogen) atoms. The molecule has 2 heterocycles. The summed E-state index contributed by atoms with van der Waals surface area (Å²) in [6.07, 6.45) is 0. The molecule has 3 aliphatic rings. The predicted octanol–water partition coefficient (Wildman–Crippen LogP) is 0.263. The quantitative estimate of drug-likeness (QED) is 0.756. The van der Waals surface area contributed by atoms with Crippen molar-refractivity contribution in [3.63, 3.8) is 0 Å². The van der Waals surface area contributed by atoms with Crippen LogP contribution < -0.4 is 10.7 Å². The van der Waals surface area contributed by atoms with Gasteiger partial charge in [-0.25, -0.2) is 4.99 Å². The zero-order valence-electron chi connectivity index (χ0n) is 11.8. The number of hydrogen-bond acceptors (Lipinski definition) is 5. The van der Waals surface area contributed by atoms with E-state index >= 15 is 0 Å². The molecule has 0 bridgehead atoms. The number of fused-ring (bicyclic) bond motifs is 2. The molecule has 1 saturated carbocycles. The molecule has 4 rings (SSSR count). The van der Waals surface area contributed by atoms with Crippen LogP contribution in [-0.4, -0.2) is 25.0 Å². The molecule has 8 heteroatoms. The first-order valence-electron chi connectivity index (χ1n) is 6.95. The van der Waals surface area contributed by atoms with E-state index in [-0.39, 0.29) is 5.84 Å². The largest absolute Gasteiger partial charge is 0.343 e. The molecule has 1 saturated heterocycles. The van der Waals surface area contributed by atoms with Gasteiger partial charge < -0.3 is 9.47 Å². The molecule has 6 nitrogen and oxygen atoms in total. The molecule has 0 aromatic heterocycles. The fourth-order valence-corrected chi connectivity index (χ4v) is 4.54. The van der Waals surface area contributed by atoms with Crippen molar-refractivity contribution in [1.82, 2.24) is 0 Å². The summed E-state index contributed by atoms with van der Waals surface area (Å²) in [6.45, 7) is 0.624. The van der Waals surface area contributed by atoms with Gasteiger partial charge in [0.1, 0.15) is 0 Å². The van der Waals surface area contributed by atoms with Crippen molar-refractivity contribution >= 4 is 29.0 Å². The molecular weight excluding hydrogens is 339 g/mol. The molecule has 0 amide bonds. The molecular formula is C15H11Cl2N4O2+. The number of nitrogens with zero attached hydrogens (tertiary/aromatic N) is 2. The van der Waals surface area contributed by atoms with Gasteiger partial charge >= 0.3 is 5.91 Å². The van der Waals surface area contributed by atoms with Gasteiger partial charge in [-0.1, -0.05) is 29.3 Å². The summed E-state index contributed by atoms with van der Waals surface area (Å²) in [5.41, 5.74) is 4.16. The number of halogens is 2. The standard InChI is InChI=1S/C15H10Cl2N4O2/c16-8-1-2-9(10(17)5-8)11-13(6-18)12(20)21-15(14(11,13)7-19)22-3-4-23-15/h1-2,5,11H,3-4H2,(H2,20,21)/p+1/t11-,13-,14-/m1/s1. The van der Waals surface area contributed by atoms with E-state index in [1.165, 1.54) is 0 Å². The maximum absolute atomic E-state index is 9.94.